The van der Waals surface area contributed by atoms with Crippen LogP contribution in [0.4, 0.5) is 8.78 Å². The lowest BCUT2D eigenvalue weighted by atomic mass is 9.79. The Labute approximate surface area is 156 Å². The standard InChI is InChI=1S/C24H28F2/c1-3-4-5-6-18-9-13-21(23(25)15-18)22-14-12-20(16-24(22)26)19-10-7-17(2)8-11-19/h3-4,9,12-17,19H,5-8,10-11H2,1-2H3/b4-3+. The molecule has 1 aliphatic carbocycles. The predicted molar refractivity (Wildman–Crippen MR) is 105 cm³/mol. The van der Waals surface area contributed by atoms with Gasteiger partial charge in [0.15, 0.2) is 0 Å². The van der Waals surface area contributed by atoms with Gasteiger partial charge in [0.25, 0.3) is 0 Å². The quantitative estimate of drug-likeness (QED) is 0.490. The molecule has 1 aliphatic rings. The summed E-state index contributed by atoms with van der Waals surface area (Å²) in [5.41, 5.74) is 2.70. The monoisotopic (exact) mass is 354 g/mol. The zero-order valence-electron chi connectivity index (χ0n) is 15.8. The lowest BCUT2D eigenvalue weighted by Gasteiger charge is -2.26. The molecule has 1 fully saturated rings. The van der Waals surface area contributed by atoms with E-state index in [0.29, 0.717) is 17.0 Å². The fourth-order valence-corrected chi connectivity index (χ4v) is 3.95. The first kappa shape index (κ1) is 18.8. The van der Waals surface area contributed by atoms with Gasteiger partial charge >= 0.3 is 0 Å². The van der Waals surface area contributed by atoms with Crippen LogP contribution in [0.5, 0.6) is 0 Å². The fourth-order valence-electron chi connectivity index (χ4n) is 3.95. The maximum absolute atomic E-state index is 14.7. The molecule has 0 amide bonds. The van der Waals surface area contributed by atoms with Crippen molar-refractivity contribution >= 4 is 0 Å². The smallest absolute Gasteiger partial charge is 0.131 e. The van der Waals surface area contributed by atoms with E-state index in [1.54, 1.807) is 18.2 Å². The Morgan fingerprint density at radius 1 is 0.923 bits per heavy atom. The van der Waals surface area contributed by atoms with Crippen LogP contribution in [0.2, 0.25) is 0 Å². The van der Waals surface area contributed by atoms with Crippen molar-refractivity contribution in [3.63, 3.8) is 0 Å². The molecule has 3 rings (SSSR count). The van der Waals surface area contributed by atoms with Crippen LogP contribution in [0.1, 0.15) is 63.0 Å². The highest BCUT2D eigenvalue weighted by molar-refractivity contribution is 5.65. The van der Waals surface area contributed by atoms with Gasteiger partial charge in [-0.05, 0) is 67.7 Å². The van der Waals surface area contributed by atoms with E-state index in [1.165, 1.54) is 18.9 Å². The van der Waals surface area contributed by atoms with Crippen LogP contribution in [0.3, 0.4) is 0 Å². The molecule has 1 saturated carbocycles. The van der Waals surface area contributed by atoms with Gasteiger partial charge in [0.1, 0.15) is 11.6 Å². The summed E-state index contributed by atoms with van der Waals surface area (Å²) in [6.45, 7) is 4.26. The van der Waals surface area contributed by atoms with Crippen molar-refractivity contribution in [3.8, 4) is 11.1 Å². The molecular formula is C24H28F2. The number of halogens is 2. The van der Waals surface area contributed by atoms with Crippen molar-refractivity contribution in [1.29, 1.82) is 0 Å². The first-order valence-corrected chi connectivity index (χ1v) is 9.78. The Kier molecular flexibility index (Phi) is 6.24. The van der Waals surface area contributed by atoms with Crippen LogP contribution in [-0.2, 0) is 6.42 Å². The van der Waals surface area contributed by atoms with Gasteiger partial charge in [-0.1, -0.05) is 56.2 Å². The maximum Gasteiger partial charge on any atom is 0.131 e. The summed E-state index contributed by atoms with van der Waals surface area (Å²) in [6.07, 6.45) is 10.4. The molecule has 0 N–H and O–H groups in total. The summed E-state index contributed by atoms with van der Waals surface area (Å²) in [5, 5.41) is 0. The van der Waals surface area contributed by atoms with Gasteiger partial charge < -0.3 is 0 Å². The summed E-state index contributed by atoms with van der Waals surface area (Å²) >= 11 is 0. The molecular weight excluding hydrogens is 326 g/mol. The van der Waals surface area contributed by atoms with Crippen molar-refractivity contribution in [2.75, 3.05) is 0 Å². The third-order valence-electron chi connectivity index (χ3n) is 5.64. The molecule has 0 radical (unpaired) electrons. The molecule has 26 heavy (non-hydrogen) atoms. The van der Waals surface area contributed by atoms with Gasteiger partial charge in [-0.2, -0.15) is 0 Å². The molecule has 0 saturated heterocycles. The fraction of sp³-hybridized carbons (Fsp3) is 0.417. The Morgan fingerprint density at radius 2 is 1.58 bits per heavy atom. The Bertz CT molecular complexity index is 768. The van der Waals surface area contributed by atoms with Crippen LogP contribution in [-0.4, -0.2) is 0 Å². The first-order valence-electron chi connectivity index (χ1n) is 9.78. The van der Waals surface area contributed by atoms with Gasteiger partial charge in [-0.15, -0.1) is 0 Å². The van der Waals surface area contributed by atoms with Gasteiger partial charge in [0, 0.05) is 11.1 Å². The van der Waals surface area contributed by atoms with E-state index in [9.17, 15) is 8.78 Å². The molecule has 2 aromatic carbocycles. The first-order chi connectivity index (χ1) is 12.6. The number of hydrogen-bond acceptors (Lipinski definition) is 0. The molecule has 0 unspecified atom stereocenters. The third kappa shape index (κ3) is 4.41. The highest BCUT2D eigenvalue weighted by Gasteiger charge is 2.21. The normalized spacial score (nSPS) is 20.6. The molecule has 2 aromatic rings. The molecule has 138 valence electrons. The van der Waals surface area contributed by atoms with Crippen molar-refractivity contribution in [1.82, 2.24) is 0 Å². The Balaban J connectivity index is 1.79. The van der Waals surface area contributed by atoms with E-state index < -0.39 is 0 Å². The topological polar surface area (TPSA) is 0 Å². The molecule has 0 bridgehead atoms. The second-order valence-corrected chi connectivity index (χ2v) is 7.62. The van der Waals surface area contributed by atoms with Crippen molar-refractivity contribution in [3.05, 3.63) is 71.3 Å². The molecule has 0 aromatic heterocycles. The van der Waals surface area contributed by atoms with Crippen LogP contribution in [0.25, 0.3) is 11.1 Å². The number of benzene rings is 2. The average molecular weight is 354 g/mol. The molecule has 0 atom stereocenters. The lowest BCUT2D eigenvalue weighted by Crippen LogP contribution is -2.11. The SMILES string of the molecule is C/C=C/CCc1ccc(-c2ccc(C3CCC(C)CC3)cc2F)c(F)c1. The minimum Gasteiger partial charge on any atom is -0.206 e. The van der Waals surface area contributed by atoms with E-state index in [1.807, 2.05) is 25.1 Å². The summed E-state index contributed by atoms with van der Waals surface area (Å²) < 4.78 is 29.3. The third-order valence-corrected chi connectivity index (χ3v) is 5.64. The molecule has 0 nitrogen and oxygen atoms in total. The number of aryl methyl sites for hydroxylation is 1. The number of allylic oxidation sites excluding steroid dienone is 2. The summed E-state index contributed by atoms with van der Waals surface area (Å²) in [6, 6.07) is 10.5. The molecule has 2 heteroatoms. The highest BCUT2D eigenvalue weighted by Crippen LogP contribution is 2.37. The largest absolute Gasteiger partial charge is 0.206 e. The summed E-state index contributed by atoms with van der Waals surface area (Å²) in [5.74, 6) is 0.548. The number of hydrogen-bond donors (Lipinski definition) is 0. The van der Waals surface area contributed by atoms with Gasteiger partial charge in [-0.3, -0.25) is 0 Å². The van der Waals surface area contributed by atoms with Crippen molar-refractivity contribution < 1.29 is 8.78 Å². The van der Waals surface area contributed by atoms with Crippen LogP contribution in [0, 0.1) is 17.6 Å². The van der Waals surface area contributed by atoms with E-state index in [0.717, 1.165) is 42.7 Å². The van der Waals surface area contributed by atoms with E-state index in [4.69, 9.17) is 0 Å². The number of rotatable bonds is 5. The highest BCUT2D eigenvalue weighted by atomic mass is 19.1. The molecule has 0 heterocycles. The van der Waals surface area contributed by atoms with Gasteiger partial charge in [0.2, 0.25) is 0 Å². The Morgan fingerprint density at radius 3 is 2.19 bits per heavy atom. The van der Waals surface area contributed by atoms with E-state index >= 15 is 0 Å². The van der Waals surface area contributed by atoms with Crippen LogP contribution < -0.4 is 0 Å². The van der Waals surface area contributed by atoms with Crippen LogP contribution in [0.15, 0.2) is 48.6 Å². The lowest BCUT2D eigenvalue weighted by molar-refractivity contribution is 0.347. The zero-order chi connectivity index (χ0) is 18.5. The second-order valence-electron chi connectivity index (χ2n) is 7.62. The summed E-state index contributed by atoms with van der Waals surface area (Å²) in [4.78, 5) is 0. The zero-order valence-corrected chi connectivity index (χ0v) is 15.8. The molecule has 0 spiro atoms. The van der Waals surface area contributed by atoms with Crippen LogP contribution >= 0.6 is 0 Å². The average Bonchev–Trinajstić information content (AvgIpc) is 2.63. The second kappa shape index (κ2) is 8.62. The van der Waals surface area contributed by atoms with Gasteiger partial charge in [-0.25, -0.2) is 8.78 Å². The van der Waals surface area contributed by atoms with Gasteiger partial charge in [0.05, 0.1) is 0 Å². The van der Waals surface area contributed by atoms with Crippen molar-refractivity contribution in [2.45, 2.75) is 58.3 Å². The Hall–Kier alpha value is -1.96. The maximum atomic E-state index is 14.7. The minimum atomic E-state index is -0.346. The van der Waals surface area contributed by atoms with E-state index in [-0.39, 0.29) is 11.6 Å². The molecule has 0 aliphatic heterocycles. The predicted octanol–water partition coefficient (Wildman–Crippen LogP) is 7.43. The minimum absolute atomic E-state index is 0.318. The van der Waals surface area contributed by atoms with E-state index in [2.05, 4.69) is 13.0 Å². The summed E-state index contributed by atoms with van der Waals surface area (Å²) in [7, 11) is 0. The van der Waals surface area contributed by atoms with Crippen molar-refractivity contribution in [2.24, 2.45) is 5.92 Å².